The van der Waals surface area contributed by atoms with E-state index in [1.165, 1.54) is 0 Å². The van der Waals surface area contributed by atoms with E-state index >= 15 is 0 Å². The first-order valence-corrected chi connectivity index (χ1v) is 7.49. The molecule has 0 radical (unpaired) electrons. The van der Waals surface area contributed by atoms with Crippen LogP contribution in [-0.2, 0) is 4.79 Å². The Kier molecular flexibility index (Phi) is 7.26. The number of amides is 1. The highest BCUT2D eigenvalue weighted by molar-refractivity contribution is 6.30. The van der Waals surface area contributed by atoms with E-state index in [2.05, 4.69) is 10.6 Å². The summed E-state index contributed by atoms with van der Waals surface area (Å²) in [6.07, 6.45) is 2.65. The van der Waals surface area contributed by atoms with E-state index in [0.717, 1.165) is 12.0 Å². The van der Waals surface area contributed by atoms with E-state index in [9.17, 15) is 9.90 Å². The maximum atomic E-state index is 12.3. The Labute approximate surface area is 131 Å². The maximum absolute atomic E-state index is 12.3. The third kappa shape index (κ3) is 5.40. The number of aliphatic hydroxyl groups excluding tert-OH is 1. The number of hydrogen-bond donors (Lipinski definition) is 3. The summed E-state index contributed by atoms with van der Waals surface area (Å²) in [4.78, 5) is 12.3. The van der Waals surface area contributed by atoms with Crippen molar-refractivity contribution in [2.75, 3.05) is 6.61 Å². The summed E-state index contributed by atoms with van der Waals surface area (Å²) in [5.41, 5.74) is 1.28. The average molecular weight is 311 g/mol. The summed E-state index contributed by atoms with van der Waals surface area (Å²) in [5, 5.41) is 16.0. The van der Waals surface area contributed by atoms with Crippen LogP contribution in [0.4, 0.5) is 0 Å². The molecule has 1 aromatic carbocycles. The van der Waals surface area contributed by atoms with E-state index < -0.39 is 6.04 Å². The molecule has 0 saturated carbocycles. The SMILES string of the molecule is C/C=C(\N[C@@H](C)CC)C(=O)N[C@H](CO)c1cccc(Cl)c1. The summed E-state index contributed by atoms with van der Waals surface area (Å²) in [5.74, 6) is -0.239. The first-order chi connectivity index (χ1) is 10.0. The van der Waals surface area contributed by atoms with Gasteiger partial charge >= 0.3 is 0 Å². The molecule has 0 unspecified atom stereocenters. The zero-order valence-electron chi connectivity index (χ0n) is 12.7. The molecule has 0 aliphatic heterocycles. The first kappa shape index (κ1) is 17.5. The number of allylic oxidation sites excluding steroid dienone is 1. The molecule has 116 valence electrons. The Morgan fingerprint density at radius 1 is 1.43 bits per heavy atom. The molecule has 3 N–H and O–H groups in total. The van der Waals surface area contributed by atoms with Crippen molar-refractivity contribution in [3.8, 4) is 0 Å². The van der Waals surface area contributed by atoms with Crippen LogP contribution in [0.2, 0.25) is 5.02 Å². The highest BCUT2D eigenvalue weighted by Gasteiger charge is 2.17. The van der Waals surface area contributed by atoms with Crippen molar-refractivity contribution >= 4 is 17.5 Å². The molecule has 0 spiro atoms. The summed E-state index contributed by atoms with van der Waals surface area (Å²) >= 11 is 5.94. The Morgan fingerprint density at radius 2 is 2.14 bits per heavy atom. The maximum Gasteiger partial charge on any atom is 0.267 e. The molecule has 21 heavy (non-hydrogen) atoms. The van der Waals surface area contributed by atoms with Crippen LogP contribution in [0.25, 0.3) is 0 Å². The van der Waals surface area contributed by atoms with Gasteiger partial charge in [0.1, 0.15) is 0 Å². The Hall–Kier alpha value is -1.52. The number of carbonyl (C=O) groups excluding carboxylic acids is 1. The third-order valence-corrected chi connectivity index (χ3v) is 3.52. The minimum Gasteiger partial charge on any atom is -0.394 e. The molecule has 4 nitrogen and oxygen atoms in total. The number of rotatable bonds is 7. The smallest absolute Gasteiger partial charge is 0.267 e. The first-order valence-electron chi connectivity index (χ1n) is 7.11. The van der Waals surface area contributed by atoms with Gasteiger partial charge in [-0.05, 0) is 38.0 Å². The van der Waals surface area contributed by atoms with E-state index in [4.69, 9.17) is 11.6 Å². The fourth-order valence-corrected chi connectivity index (χ4v) is 2.04. The molecule has 5 heteroatoms. The van der Waals surface area contributed by atoms with Gasteiger partial charge in [-0.25, -0.2) is 0 Å². The van der Waals surface area contributed by atoms with Crippen LogP contribution in [-0.4, -0.2) is 23.7 Å². The minimum absolute atomic E-state index is 0.188. The predicted molar refractivity (Wildman–Crippen MR) is 86.1 cm³/mol. The average Bonchev–Trinajstić information content (AvgIpc) is 2.49. The van der Waals surface area contributed by atoms with Crippen LogP contribution < -0.4 is 10.6 Å². The zero-order valence-corrected chi connectivity index (χ0v) is 13.4. The second-order valence-electron chi connectivity index (χ2n) is 4.92. The number of benzene rings is 1. The number of aliphatic hydroxyl groups is 1. The normalized spacial score (nSPS) is 14.4. The van der Waals surface area contributed by atoms with Crippen LogP contribution in [0, 0.1) is 0 Å². The van der Waals surface area contributed by atoms with Crippen molar-refractivity contribution in [1.82, 2.24) is 10.6 Å². The Morgan fingerprint density at radius 3 is 2.67 bits per heavy atom. The summed E-state index contributed by atoms with van der Waals surface area (Å²) in [7, 11) is 0. The molecule has 1 rings (SSSR count). The summed E-state index contributed by atoms with van der Waals surface area (Å²) in [6, 6.07) is 6.83. The van der Waals surface area contributed by atoms with Gasteiger partial charge in [0, 0.05) is 11.1 Å². The monoisotopic (exact) mass is 310 g/mol. The van der Waals surface area contributed by atoms with E-state index in [0.29, 0.717) is 10.7 Å². The minimum atomic E-state index is -0.482. The van der Waals surface area contributed by atoms with E-state index in [1.54, 1.807) is 31.2 Å². The molecule has 0 aliphatic rings. The second kappa shape index (κ2) is 8.70. The molecule has 0 heterocycles. The fraction of sp³-hybridized carbons (Fsp3) is 0.438. The van der Waals surface area contributed by atoms with Gasteiger partial charge in [0.2, 0.25) is 0 Å². The fourth-order valence-electron chi connectivity index (χ4n) is 1.84. The van der Waals surface area contributed by atoms with Gasteiger partial charge in [-0.3, -0.25) is 4.79 Å². The predicted octanol–water partition coefficient (Wildman–Crippen LogP) is 2.78. The second-order valence-corrected chi connectivity index (χ2v) is 5.36. The van der Waals surface area contributed by atoms with Crippen LogP contribution in [0.5, 0.6) is 0 Å². The number of nitrogens with one attached hydrogen (secondary N) is 2. The van der Waals surface area contributed by atoms with Crippen molar-refractivity contribution in [2.24, 2.45) is 0 Å². The van der Waals surface area contributed by atoms with Crippen molar-refractivity contribution in [2.45, 2.75) is 39.3 Å². The van der Waals surface area contributed by atoms with Gasteiger partial charge in [0.15, 0.2) is 0 Å². The summed E-state index contributed by atoms with van der Waals surface area (Å²) < 4.78 is 0. The molecule has 0 bridgehead atoms. The molecule has 1 aromatic rings. The lowest BCUT2D eigenvalue weighted by molar-refractivity contribution is -0.119. The number of hydrogen-bond acceptors (Lipinski definition) is 3. The van der Waals surface area contributed by atoms with Crippen molar-refractivity contribution < 1.29 is 9.90 Å². The molecule has 1 amide bonds. The van der Waals surface area contributed by atoms with Crippen molar-refractivity contribution in [1.29, 1.82) is 0 Å². The molecule has 0 aromatic heterocycles. The molecular formula is C16H23ClN2O2. The lowest BCUT2D eigenvalue weighted by atomic mass is 10.1. The van der Waals surface area contributed by atoms with Crippen LogP contribution in [0.15, 0.2) is 36.0 Å². The van der Waals surface area contributed by atoms with Gasteiger partial charge in [0.25, 0.3) is 5.91 Å². The van der Waals surface area contributed by atoms with Gasteiger partial charge < -0.3 is 15.7 Å². The van der Waals surface area contributed by atoms with E-state index in [1.807, 2.05) is 19.9 Å². The van der Waals surface area contributed by atoms with E-state index in [-0.39, 0.29) is 18.6 Å². The van der Waals surface area contributed by atoms with Crippen LogP contribution in [0.1, 0.15) is 38.8 Å². The van der Waals surface area contributed by atoms with Crippen LogP contribution in [0.3, 0.4) is 0 Å². The van der Waals surface area contributed by atoms with Gasteiger partial charge in [-0.1, -0.05) is 36.7 Å². The zero-order chi connectivity index (χ0) is 15.8. The lowest BCUT2D eigenvalue weighted by Crippen LogP contribution is -2.38. The molecule has 0 saturated heterocycles. The lowest BCUT2D eigenvalue weighted by Gasteiger charge is -2.20. The molecule has 2 atom stereocenters. The van der Waals surface area contributed by atoms with Crippen LogP contribution >= 0.6 is 11.6 Å². The Balaban J connectivity index is 2.78. The standard InChI is InChI=1S/C16H23ClN2O2/c1-4-11(3)18-14(5-2)16(21)19-15(10-20)12-7-6-8-13(17)9-12/h5-9,11,15,18,20H,4,10H2,1-3H3,(H,19,21)/b14-5-/t11-,15+/m0/s1. The van der Waals surface area contributed by atoms with Crippen molar-refractivity contribution in [3.63, 3.8) is 0 Å². The van der Waals surface area contributed by atoms with Gasteiger partial charge in [0.05, 0.1) is 18.3 Å². The number of carbonyl (C=O) groups is 1. The Bertz CT molecular complexity index is 503. The highest BCUT2D eigenvalue weighted by Crippen LogP contribution is 2.17. The molecule has 0 fully saturated rings. The summed E-state index contributed by atoms with van der Waals surface area (Å²) in [6.45, 7) is 5.67. The topological polar surface area (TPSA) is 61.4 Å². The quantitative estimate of drug-likeness (QED) is 0.679. The van der Waals surface area contributed by atoms with Gasteiger partial charge in [-0.15, -0.1) is 0 Å². The molecule has 0 aliphatic carbocycles. The largest absolute Gasteiger partial charge is 0.394 e. The number of halogens is 1. The highest BCUT2D eigenvalue weighted by atomic mass is 35.5. The van der Waals surface area contributed by atoms with Gasteiger partial charge in [-0.2, -0.15) is 0 Å². The third-order valence-electron chi connectivity index (χ3n) is 3.29. The molecular weight excluding hydrogens is 288 g/mol. The van der Waals surface area contributed by atoms with Crippen molar-refractivity contribution in [3.05, 3.63) is 46.6 Å².